The van der Waals surface area contributed by atoms with Crippen molar-refractivity contribution in [1.82, 2.24) is 0 Å². The lowest BCUT2D eigenvalue weighted by Crippen LogP contribution is -2.10. The first-order valence-electron chi connectivity index (χ1n) is 5.68. The quantitative estimate of drug-likeness (QED) is 0.328. The highest BCUT2D eigenvalue weighted by Gasteiger charge is 2.15. The number of alkyl halides is 1. The summed E-state index contributed by atoms with van der Waals surface area (Å²) < 4.78 is 1.33. The van der Waals surface area contributed by atoms with Crippen LogP contribution in [0.3, 0.4) is 0 Å². The van der Waals surface area contributed by atoms with Crippen molar-refractivity contribution in [2.75, 3.05) is 4.43 Å². The predicted molar refractivity (Wildman–Crippen MR) is 70.7 cm³/mol. The Balaban J connectivity index is 3.39. The van der Waals surface area contributed by atoms with Gasteiger partial charge in [0, 0.05) is 0 Å². The third-order valence-corrected chi connectivity index (χ3v) is 3.46. The number of hydrogen-bond acceptors (Lipinski definition) is 0. The van der Waals surface area contributed by atoms with Gasteiger partial charge in [-0.15, -0.1) is 0 Å². The Kier molecular flexibility index (Phi) is 8.53. The summed E-state index contributed by atoms with van der Waals surface area (Å²) in [6.07, 6.45) is 9.84. The molecule has 0 nitrogen and oxygen atoms in total. The van der Waals surface area contributed by atoms with Gasteiger partial charge in [-0.2, -0.15) is 0 Å². The van der Waals surface area contributed by atoms with Gasteiger partial charge in [0.05, 0.1) is 0 Å². The van der Waals surface area contributed by atoms with E-state index in [0.29, 0.717) is 5.41 Å². The standard InChI is InChI=1S/C12H25I/c1-4-5-9-12(2,3)10-7-6-8-11-13/h4-11H2,1-3H3. The zero-order valence-electron chi connectivity index (χ0n) is 9.53. The molecule has 0 spiro atoms. The minimum absolute atomic E-state index is 0.598. The van der Waals surface area contributed by atoms with E-state index in [1.807, 2.05) is 0 Å². The maximum absolute atomic E-state index is 2.47. The molecule has 0 aliphatic carbocycles. The highest BCUT2D eigenvalue weighted by Crippen LogP contribution is 2.29. The number of unbranched alkanes of at least 4 members (excludes halogenated alkanes) is 3. The maximum Gasteiger partial charge on any atom is -0.000473 e. The van der Waals surface area contributed by atoms with Crippen LogP contribution in [0.15, 0.2) is 0 Å². The van der Waals surface area contributed by atoms with Crippen molar-refractivity contribution in [3.8, 4) is 0 Å². The van der Waals surface area contributed by atoms with E-state index in [-0.39, 0.29) is 0 Å². The molecule has 0 rings (SSSR count). The number of rotatable bonds is 8. The first-order chi connectivity index (χ1) is 6.12. The minimum atomic E-state index is 0.598. The van der Waals surface area contributed by atoms with Crippen molar-refractivity contribution in [2.24, 2.45) is 5.41 Å². The molecule has 0 amide bonds. The third-order valence-electron chi connectivity index (χ3n) is 2.69. The van der Waals surface area contributed by atoms with Crippen molar-refractivity contribution in [3.63, 3.8) is 0 Å². The van der Waals surface area contributed by atoms with E-state index in [2.05, 4.69) is 43.4 Å². The topological polar surface area (TPSA) is 0 Å². The van der Waals surface area contributed by atoms with Crippen molar-refractivity contribution in [2.45, 2.75) is 65.7 Å². The molecule has 80 valence electrons. The lowest BCUT2D eigenvalue weighted by molar-refractivity contribution is 0.287. The van der Waals surface area contributed by atoms with E-state index in [0.717, 1.165) is 0 Å². The van der Waals surface area contributed by atoms with Crippen molar-refractivity contribution < 1.29 is 0 Å². The summed E-state index contributed by atoms with van der Waals surface area (Å²) in [6.45, 7) is 7.13. The molecule has 0 aromatic rings. The van der Waals surface area contributed by atoms with Gasteiger partial charge in [-0.25, -0.2) is 0 Å². The highest BCUT2D eigenvalue weighted by atomic mass is 127. The summed E-state index contributed by atoms with van der Waals surface area (Å²) in [7, 11) is 0. The maximum atomic E-state index is 2.47. The van der Waals surface area contributed by atoms with Gasteiger partial charge in [-0.3, -0.25) is 0 Å². The molecule has 0 aliphatic heterocycles. The fourth-order valence-corrected chi connectivity index (χ4v) is 2.19. The smallest absolute Gasteiger partial charge is 0.000473 e. The van der Waals surface area contributed by atoms with E-state index in [1.165, 1.54) is 49.4 Å². The number of hydrogen-bond donors (Lipinski definition) is 0. The highest BCUT2D eigenvalue weighted by molar-refractivity contribution is 14.1. The van der Waals surface area contributed by atoms with E-state index in [4.69, 9.17) is 0 Å². The molecule has 0 atom stereocenters. The Labute approximate surface area is 98.0 Å². The van der Waals surface area contributed by atoms with Crippen LogP contribution in [-0.4, -0.2) is 4.43 Å². The van der Waals surface area contributed by atoms with Crippen LogP contribution in [0.1, 0.15) is 65.7 Å². The third kappa shape index (κ3) is 9.04. The van der Waals surface area contributed by atoms with Crippen molar-refractivity contribution in [1.29, 1.82) is 0 Å². The predicted octanol–water partition coefficient (Wildman–Crippen LogP) is 5.20. The van der Waals surface area contributed by atoms with Crippen LogP contribution in [0.25, 0.3) is 0 Å². The molecular weight excluding hydrogens is 271 g/mol. The fourth-order valence-electron chi connectivity index (χ4n) is 1.66. The molecule has 0 unspecified atom stereocenters. The summed E-state index contributed by atoms with van der Waals surface area (Å²) in [6, 6.07) is 0. The van der Waals surface area contributed by atoms with E-state index in [1.54, 1.807) is 0 Å². The molecular formula is C12H25I. The Morgan fingerprint density at radius 1 is 0.923 bits per heavy atom. The average molecular weight is 296 g/mol. The van der Waals surface area contributed by atoms with E-state index < -0.39 is 0 Å². The molecule has 0 heterocycles. The van der Waals surface area contributed by atoms with Crippen LogP contribution in [0.4, 0.5) is 0 Å². The van der Waals surface area contributed by atoms with Crippen LogP contribution in [0, 0.1) is 5.41 Å². The second-order valence-corrected chi connectivity index (χ2v) is 5.85. The van der Waals surface area contributed by atoms with Crippen molar-refractivity contribution >= 4 is 22.6 Å². The van der Waals surface area contributed by atoms with Crippen molar-refractivity contribution in [3.05, 3.63) is 0 Å². The Morgan fingerprint density at radius 3 is 2.08 bits per heavy atom. The number of halogens is 1. The SMILES string of the molecule is CCCCC(C)(C)CCCCCI. The van der Waals surface area contributed by atoms with Crippen LogP contribution in [0.2, 0.25) is 0 Å². The van der Waals surface area contributed by atoms with Gasteiger partial charge in [-0.05, 0) is 29.1 Å². The molecule has 0 radical (unpaired) electrons. The first-order valence-corrected chi connectivity index (χ1v) is 7.21. The van der Waals surface area contributed by atoms with Gasteiger partial charge in [0.25, 0.3) is 0 Å². The molecule has 1 heteroatoms. The Bertz CT molecular complexity index is 108. The van der Waals surface area contributed by atoms with Gasteiger partial charge in [0.2, 0.25) is 0 Å². The zero-order chi connectivity index (χ0) is 10.2. The van der Waals surface area contributed by atoms with Crippen LogP contribution >= 0.6 is 22.6 Å². The first kappa shape index (κ1) is 13.7. The molecule has 0 aromatic carbocycles. The molecule has 13 heavy (non-hydrogen) atoms. The van der Waals surface area contributed by atoms with Gasteiger partial charge in [0.15, 0.2) is 0 Å². The molecule has 0 aromatic heterocycles. The molecule has 0 saturated heterocycles. The molecule has 0 N–H and O–H groups in total. The van der Waals surface area contributed by atoms with Gasteiger partial charge in [0.1, 0.15) is 0 Å². The summed E-state index contributed by atoms with van der Waals surface area (Å²) in [5, 5.41) is 0. The normalized spacial score (nSPS) is 12.0. The largest absolute Gasteiger partial charge is 0.0864 e. The van der Waals surface area contributed by atoms with Crippen LogP contribution < -0.4 is 0 Å². The van der Waals surface area contributed by atoms with E-state index in [9.17, 15) is 0 Å². The molecule has 0 bridgehead atoms. The molecule has 0 saturated carbocycles. The molecule has 0 fully saturated rings. The lowest BCUT2D eigenvalue weighted by atomic mass is 9.82. The van der Waals surface area contributed by atoms with Crippen LogP contribution in [-0.2, 0) is 0 Å². The zero-order valence-corrected chi connectivity index (χ0v) is 11.7. The monoisotopic (exact) mass is 296 g/mol. The second kappa shape index (κ2) is 8.07. The lowest BCUT2D eigenvalue weighted by Gasteiger charge is -2.24. The molecule has 0 aliphatic rings. The summed E-state index contributed by atoms with van der Waals surface area (Å²) >= 11 is 2.47. The summed E-state index contributed by atoms with van der Waals surface area (Å²) in [5.74, 6) is 0. The summed E-state index contributed by atoms with van der Waals surface area (Å²) in [4.78, 5) is 0. The van der Waals surface area contributed by atoms with Gasteiger partial charge in [-0.1, -0.05) is 69.0 Å². The van der Waals surface area contributed by atoms with E-state index >= 15 is 0 Å². The average Bonchev–Trinajstić information content (AvgIpc) is 2.09. The van der Waals surface area contributed by atoms with Gasteiger partial charge >= 0.3 is 0 Å². The minimum Gasteiger partial charge on any atom is -0.0864 e. The fraction of sp³-hybridized carbons (Fsp3) is 1.00. The summed E-state index contributed by atoms with van der Waals surface area (Å²) in [5.41, 5.74) is 0.598. The Hall–Kier alpha value is 0.730. The second-order valence-electron chi connectivity index (χ2n) is 4.77. The van der Waals surface area contributed by atoms with Crippen LogP contribution in [0.5, 0.6) is 0 Å². The van der Waals surface area contributed by atoms with Gasteiger partial charge < -0.3 is 0 Å². The Morgan fingerprint density at radius 2 is 1.54 bits per heavy atom.